The number of fused-ring (bicyclic) bond motifs is 3. The summed E-state index contributed by atoms with van der Waals surface area (Å²) >= 11 is 0. The Morgan fingerprint density at radius 3 is 2.50 bits per heavy atom. The van der Waals surface area contributed by atoms with Crippen molar-refractivity contribution in [3.05, 3.63) is 60.8 Å². The third-order valence-electron chi connectivity index (χ3n) is 3.94. The van der Waals surface area contributed by atoms with Gasteiger partial charge in [0.2, 0.25) is 0 Å². The van der Waals surface area contributed by atoms with Crippen molar-refractivity contribution in [2.75, 3.05) is 0 Å². The van der Waals surface area contributed by atoms with E-state index in [1.165, 1.54) is 0 Å². The van der Waals surface area contributed by atoms with Crippen LogP contribution >= 0.6 is 0 Å². The van der Waals surface area contributed by atoms with Crippen molar-refractivity contribution in [2.24, 2.45) is 5.92 Å². The molecule has 0 aliphatic rings. The number of benzene rings is 2. The van der Waals surface area contributed by atoms with E-state index in [1.54, 1.807) is 0 Å². The number of rotatable bonds is 4. The van der Waals surface area contributed by atoms with Gasteiger partial charge in [0.15, 0.2) is 0 Å². The lowest BCUT2D eigenvalue weighted by Crippen LogP contribution is -2.06. The van der Waals surface area contributed by atoms with Crippen LogP contribution in [0.2, 0.25) is 0 Å². The van der Waals surface area contributed by atoms with Gasteiger partial charge in [-0.05, 0) is 24.1 Å². The summed E-state index contributed by atoms with van der Waals surface area (Å²) in [4.78, 5) is 9.21. The molecule has 4 nitrogen and oxygen atoms in total. The minimum atomic E-state index is 0.479. The van der Waals surface area contributed by atoms with Crippen LogP contribution in [-0.4, -0.2) is 14.5 Å². The molecule has 24 heavy (non-hydrogen) atoms. The molecule has 4 rings (SSSR count). The second kappa shape index (κ2) is 5.96. The van der Waals surface area contributed by atoms with Crippen LogP contribution in [0, 0.1) is 5.92 Å². The summed E-state index contributed by atoms with van der Waals surface area (Å²) in [5.74, 6) is 1.27. The van der Waals surface area contributed by atoms with Crippen LogP contribution in [0.4, 0.5) is 0 Å². The van der Waals surface area contributed by atoms with Crippen LogP contribution < -0.4 is 4.74 Å². The molecule has 0 aliphatic carbocycles. The number of ether oxygens (including phenoxy) is 1. The van der Waals surface area contributed by atoms with Gasteiger partial charge in [-0.2, -0.15) is 4.98 Å². The van der Waals surface area contributed by atoms with Crippen LogP contribution in [0.25, 0.3) is 21.9 Å². The van der Waals surface area contributed by atoms with E-state index in [2.05, 4.69) is 34.4 Å². The molecule has 0 N–H and O–H groups in total. The predicted octanol–water partition coefficient (Wildman–Crippen LogP) is 5.03. The second-order valence-corrected chi connectivity index (χ2v) is 6.32. The monoisotopic (exact) mass is 317 g/mol. The highest BCUT2D eigenvalue weighted by Crippen LogP contribution is 2.30. The number of nitrogens with zero attached hydrogens (tertiary/aromatic N) is 3. The van der Waals surface area contributed by atoms with Crippen LogP contribution in [0.15, 0.2) is 60.8 Å². The first-order chi connectivity index (χ1) is 11.7. The number of para-hydroxylation sites is 2. The topological polar surface area (TPSA) is 39.9 Å². The standard InChI is InChI=1S/C20H19N3O/c1-14(2)13-23-19-16-10-6-7-11-17(16)21-12-18(19)22-20(23)24-15-8-4-3-5-9-15/h3-12,14H,13H2,1-2H3. The molecule has 0 amide bonds. The summed E-state index contributed by atoms with van der Waals surface area (Å²) in [5.41, 5.74) is 2.92. The van der Waals surface area contributed by atoms with Crippen molar-refractivity contribution in [3.63, 3.8) is 0 Å². The Balaban J connectivity index is 1.94. The molecular weight excluding hydrogens is 298 g/mol. The van der Waals surface area contributed by atoms with Gasteiger partial charge in [0, 0.05) is 11.9 Å². The lowest BCUT2D eigenvalue weighted by molar-refractivity contribution is 0.396. The van der Waals surface area contributed by atoms with Gasteiger partial charge >= 0.3 is 6.01 Å². The molecule has 2 aromatic carbocycles. The number of hydrogen-bond acceptors (Lipinski definition) is 3. The summed E-state index contributed by atoms with van der Waals surface area (Å²) in [6.45, 7) is 5.23. The number of hydrogen-bond donors (Lipinski definition) is 0. The summed E-state index contributed by atoms with van der Waals surface area (Å²) in [6.07, 6.45) is 1.83. The Kier molecular flexibility index (Phi) is 3.65. The van der Waals surface area contributed by atoms with Crippen LogP contribution in [0.3, 0.4) is 0 Å². The van der Waals surface area contributed by atoms with Crippen molar-refractivity contribution in [1.82, 2.24) is 14.5 Å². The number of aromatic nitrogens is 3. The van der Waals surface area contributed by atoms with E-state index in [4.69, 9.17) is 4.74 Å². The van der Waals surface area contributed by atoms with Gasteiger partial charge in [-0.3, -0.25) is 9.55 Å². The second-order valence-electron chi connectivity index (χ2n) is 6.32. The van der Waals surface area contributed by atoms with E-state index in [0.717, 1.165) is 34.2 Å². The van der Waals surface area contributed by atoms with Crippen LogP contribution in [0.1, 0.15) is 13.8 Å². The van der Waals surface area contributed by atoms with E-state index >= 15 is 0 Å². The van der Waals surface area contributed by atoms with E-state index in [-0.39, 0.29) is 0 Å². The zero-order valence-corrected chi connectivity index (χ0v) is 13.8. The molecule has 0 unspecified atom stereocenters. The minimum Gasteiger partial charge on any atom is -0.425 e. The summed E-state index contributed by atoms with van der Waals surface area (Å²) in [7, 11) is 0. The fourth-order valence-electron chi connectivity index (χ4n) is 2.95. The largest absolute Gasteiger partial charge is 0.425 e. The third kappa shape index (κ3) is 2.60. The molecule has 0 saturated heterocycles. The van der Waals surface area contributed by atoms with Crippen molar-refractivity contribution < 1.29 is 4.74 Å². The van der Waals surface area contributed by atoms with E-state index in [9.17, 15) is 0 Å². The molecule has 0 spiro atoms. The van der Waals surface area contributed by atoms with Crippen molar-refractivity contribution >= 4 is 21.9 Å². The molecule has 0 bridgehead atoms. The first kappa shape index (κ1) is 14.7. The SMILES string of the molecule is CC(C)Cn1c(Oc2ccccc2)nc2cnc3ccccc3c21. The van der Waals surface area contributed by atoms with E-state index in [0.29, 0.717) is 11.9 Å². The molecule has 0 radical (unpaired) electrons. The Morgan fingerprint density at radius 1 is 0.958 bits per heavy atom. The molecule has 0 atom stereocenters. The minimum absolute atomic E-state index is 0.479. The summed E-state index contributed by atoms with van der Waals surface area (Å²) in [5, 5.41) is 1.10. The summed E-state index contributed by atoms with van der Waals surface area (Å²) in [6, 6.07) is 18.5. The quantitative estimate of drug-likeness (QED) is 0.530. The molecule has 0 saturated carbocycles. The van der Waals surface area contributed by atoms with Crippen LogP contribution in [0.5, 0.6) is 11.8 Å². The van der Waals surface area contributed by atoms with Gasteiger partial charge < -0.3 is 4.74 Å². The lowest BCUT2D eigenvalue weighted by Gasteiger charge is -2.12. The number of pyridine rings is 1. The zero-order chi connectivity index (χ0) is 16.5. The normalized spacial score (nSPS) is 11.5. The smallest absolute Gasteiger partial charge is 0.303 e. The average Bonchev–Trinajstić information content (AvgIpc) is 2.93. The Labute approximate surface area is 140 Å². The van der Waals surface area contributed by atoms with Gasteiger partial charge in [0.1, 0.15) is 11.3 Å². The molecular formula is C20H19N3O. The predicted molar refractivity (Wildman–Crippen MR) is 96.4 cm³/mol. The van der Waals surface area contributed by atoms with Gasteiger partial charge in [-0.1, -0.05) is 50.2 Å². The molecule has 2 heterocycles. The van der Waals surface area contributed by atoms with Crippen LogP contribution in [-0.2, 0) is 6.54 Å². The Bertz CT molecular complexity index is 990. The number of imidazole rings is 1. The lowest BCUT2D eigenvalue weighted by atomic mass is 10.2. The van der Waals surface area contributed by atoms with E-state index < -0.39 is 0 Å². The molecule has 0 aliphatic heterocycles. The maximum absolute atomic E-state index is 6.07. The first-order valence-electron chi connectivity index (χ1n) is 8.19. The van der Waals surface area contributed by atoms with E-state index in [1.807, 2.05) is 54.7 Å². The fraction of sp³-hybridized carbons (Fsp3) is 0.200. The first-order valence-corrected chi connectivity index (χ1v) is 8.19. The average molecular weight is 317 g/mol. The maximum Gasteiger partial charge on any atom is 0.303 e. The molecule has 4 heteroatoms. The van der Waals surface area contributed by atoms with Crippen molar-refractivity contribution in [2.45, 2.75) is 20.4 Å². The third-order valence-corrected chi connectivity index (χ3v) is 3.94. The molecule has 120 valence electrons. The molecule has 2 aromatic heterocycles. The highest BCUT2D eigenvalue weighted by Gasteiger charge is 2.16. The van der Waals surface area contributed by atoms with Crippen molar-refractivity contribution in [3.8, 4) is 11.8 Å². The highest BCUT2D eigenvalue weighted by molar-refractivity contribution is 6.02. The van der Waals surface area contributed by atoms with Crippen molar-refractivity contribution in [1.29, 1.82) is 0 Å². The van der Waals surface area contributed by atoms with Gasteiger partial charge in [0.05, 0.1) is 17.2 Å². The zero-order valence-electron chi connectivity index (χ0n) is 13.8. The van der Waals surface area contributed by atoms with Gasteiger partial charge in [-0.25, -0.2) is 0 Å². The molecule has 4 aromatic rings. The Hall–Kier alpha value is -2.88. The Morgan fingerprint density at radius 2 is 1.71 bits per heavy atom. The molecule has 0 fully saturated rings. The highest BCUT2D eigenvalue weighted by atomic mass is 16.5. The fourth-order valence-corrected chi connectivity index (χ4v) is 2.95. The van der Waals surface area contributed by atoms with Gasteiger partial charge in [0.25, 0.3) is 0 Å². The van der Waals surface area contributed by atoms with Gasteiger partial charge in [-0.15, -0.1) is 0 Å². The maximum atomic E-state index is 6.07. The summed E-state index contributed by atoms with van der Waals surface area (Å²) < 4.78 is 8.23.